The number of rotatable bonds is 2. The molecule has 17 heavy (non-hydrogen) atoms. The summed E-state index contributed by atoms with van der Waals surface area (Å²) in [4.78, 5) is 11.4. The van der Waals surface area contributed by atoms with Crippen LogP contribution in [-0.4, -0.2) is 24.3 Å². The van der Waals surface area contributed by atoms with E-state index in [1.165, 1.54) is 32.8 Å². The Bertz CT molecular complexity index is 248. The first-order valence-electron chi connectivity index (χ1n) is 6.96. The molecular weight excluding hydrogens is 216 g/mol. The van der Waals surface area contributed by atoms with Crippen molar-refractivity contribution in [3.05, 3.63) is 0 Å². The van der Waals surface area contributed by atoms with Gasteiger partial charge in [0.1, 0.15) is 0 Å². The molecule has 0 aliphatic heterocycles. The Morgan fingerprint density at radius 3 is 1.88 bits per heavy atom. The highest BCUT2D eigenvalue weighted by Crippen LogP contribution is 2.40. The van der Waals surface area contributed by atoms with Crippen LogP contribution < -0.4 is 0 Å². The maximum Gasteiger partial charge on any atom is 0.308 e. The van der Waals surface area contributed by atoms with Gasteiger partial charge in [-0.1, -0.05) is 0 Å². The number of hydrogen-bond acceptors (Lipinski definition) is 3. The summed E-state index contributed by atoms with van der Waals surface area (Å²) >= 11 is 0. The zero-order valence-corrected chi connectivity index (χ0v) is 10.7. The summed E-state index contributed by atoms with van der Waals surface area (Å²) in [7, 11) is 1.48. The molecule has 2 fully saturated rings. The molecule has 3 nitrogen and oxygen atoms in total. The number of carbonyl (C=O) groups excluding carboxylic acids is 1. The standard InChI is InChI=1S/C14H24O3/c1-17-14(16)12-4-2-10(3-5-12)11-6-8-13(15)9-7-11/h10-13,15H,2-9H2,1H3. The van der Waals surface area contributed by atoms with E-state index in [9.17, 15) is 9.90 Å². The molecule has 0 amide bonds. The number of ether oxygens (including phenoxy) is 1. The van der Waals surface area contributed by atoms with Crippen molar-refractivity contribution in [2.45, 2.75) is 57.5 Å². The molecule has 3 heteroatoms. The van der Waals surface area contributed by atoms with Gasteiger partial charge < -0.3 is 9.84 Å². The third-order valence-electron chi connectivity index (χ3n) is 4.71. The first-order chi connectivity index (χ1) is 8.20. The van der Waals surface area contributed by atoms with Gasteiger partial charge in [0.25, 0.3) is 0 Å². The van der Waals surface area contributed by atoms with Crippen molar-refractivity contribution in [2.75, 3.05) is 7.11 Å². The molecule has 2 aliphatic carbocycles. The summed E-state index contributed by atoms with van der Waals surface area (Å²) < 4.78 is 4.81. The molecule has 2 rings (SSSR count). The minimum Gasteiger partial charge on any atom is -0.469 e. The van der Waals surface area contributed by atoms with Gasteiger partial charge in [0.2, 0.25) is 0 Å². The summed E-state index contributed by atoms with van der Waals surface area (Å²) in [6.45, 7) is 0. The van der Waals surface area contributed by atoms with Crippen LogP contribution in [0.25, 0.3) is 0 Å². The van der Waals surface area contributed by atoms with Gasteiger partial charge in [-0.3, -0.25) is 4.79 Å². The van der Waals surface area contributed by atoms with E-state index < -0.39 is 0 Å². The summed E-state index contributed by atoms with van der Waals surface area (Å²) in [5.74, 6) is 1.69. The van der Waals surface area contributed by atoms with Gasteiger partial charge in [-0.05, 0) is 63.2 Å². The van der Waals surface area contributed by atoms with E-state index in [0.29, 0.717) is 0 Å². The van der Waals surface area contributed by atoms with E-state index in [1.807, 2.05) is 0 Å². The fraction of sp³-hybridized carbons (Fsp3) is 0.929. The SMILES string of the molecule is COC(=O)C1CCC(C2CCC(O)CC2)CC1. The zero-order valence-electron chi connectivity index (χ0n) is 10.7. The highest BCUT2D eigenvalue weighted by Gasteiger charge is 2.32. The number of methoxy groups -OCH3 is 1. The molecule has 0 heterocycles. The van der Waals surface area contributed by atoms with E-state index in [2.05, 4.69) is 0 Å². The van der Waals surface area contributed by atoms with Gasteiger partial charge in [-0.15, -0.1) is 0 Å². The zero-order chi connectivity index (χ0) is 12.3. The average Bonchev–Trinajstić information content (AvgIpc) is 2.39. The quantitative estimate of drug-likeness (QED) is 0.754. The molecule has 0 atom stereocenters. The molecule has 98 valence electrons. The van der Waals surface area contributed by atoms with Crippen LogP contribution >= 0.6 is 0 Å². The number of carbonyl (C=O) groups is 1. The van der Waals surface area contributed by atoms with Crippen LogP contribution in [0.3, 0.4) is 0 Å². The lowest BCUT2D eigenvalue weighted by Crippen LogP contribution is -2.29. The van der Waals surface area contributed by atoms with Crippen LogP contribution in [0.2, 0.25) is 0 Å². The largest absolute Gasteiger partial charge is 0.469 e. The van der Waals surface area contributed by atoms with Crippen LogP contribution in [-0.2, 0) is 9.53 Å². The molecular formula is C14H24O3. The van der Waals surface area contributed by atoms with E-state index in [1.54, 1.807) is 0 Å². The van der Waals surface area contributed by atoms with Crippen LogP contribution in [0.1, 0.15) is 51.4 Å². The first kappa shape index (κ1) is 12.9. The van der Waals surface area contributed by atoms with Gasteiger partial charge in [0, 0.05) is 0 Å². The topological polar surface area (TPSA) is 46.5 Å². The molecule has 1 N–H and O–H groups in total. The second kappa shape index (κ2) is 5.85. The summed E-state index contributed by atoms with van der Waals surface area (Å²) in [5, 5.41) is 9.51. The molecule has 0 spiro atoms. The molecule has 0 bridgehead atoms. The normalized spacial score (nSPS) is 38.7. The lowest BCUT2D eigenvalue weighted by molar-refractivity contribution is -0.147. The van der Waals surface area contributed by atoms with Crippen molar-refractivity contribution in [3.8, 4) is 0 Å². The minimum absolute atomic E-state index is 0.0254. The van der Waals surface area contributed by atoms with Crippen molar-refractivity contribution in [1.82, 2.24) is 0 Å². The van der Waals surface area contributed by atoms with E-state index in [0.717, 1.165) is 37.5 Å². The number of esters is 1. The van der Waals surface area contributed by atoms with Crippen LogP contribution in [0, 0.1) is 17.8 Å². The summed E-state index contributed by atoms with van der Waals surface area (Å²) in [6.07, 6.45) is 8.57. The Balaban J connectivity index is 1.77. The van der Waals surface area contributed by atoms with Gasteiger partial charge in [0.15, 0.2) is 0 Å². The number of aliphatic hydroxyl groups excluding tert-OH is 1. The van der Waals surface area contributed by atoms with Crippen LogP contribution in [0.4, 0.5) is 0 Å². The fourth-order valence-electron chi connectivity index (χ4n) is 3.57. The Hall–Kier alpha value is -0.570. The minimum atomic E-state index is -0.0577. The summed E-state index contributed by atoms with van der Waals surface area (Å²) in [5.41, 5.74) is 0. The van der Waals surface area contributed by atoms with Crippen LogP contribution in [0.5, 0.6) is 0 Å². The third kappa shape index (κ3) is 3.21. The third-order valence-corrected chi connectivity index (χ3v) is 4.71. The Labute approximate surface area is 104 Å². The van der Waals surface area contributed by atoms with Crippen molar-refractivity contribution in [3.63, 3.8) is 0 Å². The van der Waals surface area contributed by atoms with Gasteiger partial charge >= 0.3 is 5.97 Å². The van der Waals surface area contributed by atoms with E-state index in [4.69, 9.17) is 4.74 Å². The highest BCUT2D eigenvalue weighted by molar-refractivity contribution is 5.72. The fourth-order valence-corrected chi connectivity index (χ4v) is 3.57. The van der Waals surface area contributed by atoms with Gasteiger partial charge in [-0.2, -0.15) is 0 Å². The maximum atomic E-state index is 11.4. The molecule has 0 unspecified atom stereocenters. The monoisotopic (exact) mass is 240 g/mol. The Morgan fingerprint density at radius 2 is 1.41 bits per heavy atom. The van der Waals surface area contributed by atoms with Crippen molar-refractivity contribution < 1.29 is 14.6 Å². The van der Waals surface area contributed by atoms with Crippen molar-refractivity contribution in [1.29, 1.82) is 0 Å². The second-order valence-electron chi connectivity index (χ2n) is 5.70. The maximum absolute atomic E-state index is 11.4. The molecule has 0 aromatic carbocycles. The Morgan fingerprint density at radius 1 is 0.941 bits per heavy atom. The van der Waals surface area contributed by atoms with Gasteiger partial charge in [0.05, 0.1) is 19.1 Å². The number of hydrogen-bond donors (Lipinski definition) is 1. The molecule has 2 aliphatic rings. The van der Waals surface area contributed by atoms with Crippen molar-refractivity contribution >= 4 is 5.97 Å². The van der Waals surface area contributed by atoms with Gasteiger partial charge in [-0.25, -0.2) is 0 Å². The Kier molecular flexibility index (Phi) is 4.43. The van der Waals surface area contributed by atoms with Crippen LogP contribution in [0.15, 0.2) is 0 Å². The summed E-state index contributed by atoms with van der Waals surface area (Å²) in [6, 6.07) is 0. The molecule has 0 aromatic rings. The molecule has 0 radical (unpaired) electrons. The van der Waals surface area contributed by atoms with Crippen molar-refractivity contribution in [2.24, 2.45) is 17.8 Å². The smallest absolute Gasteiger partial charge is 0.308 e. The number of aliphatic hydroxyl groups is 1. The second-order valence-corrected chi connectivity index (χ2v) is 5.70. The predicted molar refractivity (Wildman–Crippen MR) is 65.4 cm³/mol. The lowest BCUT2D eigenvalue weighted by atomic mass is 9.70. The molecule has 0 saturated heterocycles. The van der Waals surface area contributed by atoms with E-state index in [-0.39, 0.29) is 18.0 Å². The van der Waals surface area contributed by atoms with E-state index >= 15 is 0 Å². The molecule has 0 aromatic heterocycles. The lowest BCUT2D eigenvalue weighted by Gasteiger charge is -2.36. The highest BCUT2D eigenvalue weighted by atomic mass is 16.5. The first-order valence-corrected chi connectivity index (χ1v) is 6.96. The average molecular weight is 240 g/mol. The molecule has 2 saturated carbocycles. The predicted octanol–water partition coefficient (Wildman–Crippen LogP) is 2.52.